The number of nitrogens with zero attached hydrogens (tertiary/aromatic N) is 2. The highest BCUT2D eigenvalue weighted by Crippen LogP contribution is 2.37. The molecular formula is C28H30N4O4S. The molecule has 0 atom stereocenters. The minimum Gasteiger partial charge on any atom is -0.354 e. The van der Waals surface area contributed by atoms with E-state index in [1.807, 2.05) is 61.5 Å². The first-order valence-corrected chi connectivity index (χ1v) is 13.8. The van der Waals surface area contributed by atoms with Crippen LogP contribution in [-0.2, 0) is 19.6 Å². The summed E-state index contributed by atoms with van der Waals surface area (Å²) in [5.41, 5.74) is 4.77. The predicted octanol–water partition coefficient (Wildman–Crippen LogP) is 4.25. The van der Waals surface area contributed by atoms with Gasteiger partial charge >= 0.3 is 0 Å². The number of rotatable bonds is 9. The van der Waals surface area contributed by atoms with Crippen LogP contribution in [0, 0.1) is 0 Å². The van der Waals surface area contributed by atoms with E-state index in [1.165, 1.54) is 11.2 Å². The maximum atomic E-state index is 13.0. The van der Waals surface area contributed by atoms with Crippen molar-refractivity contribution in [1.29, 1.82) is 0 Å². The Morgan fingerprint density at radius 1 is 0.919 bits per heavy atom. The van der Waals surface area contributed by atoms with E-state index in [9.17, 15) is 18.0 Å². The fraction of sp³-hybridized carbons (Fsp3) is 0.214. The second-order valence-electron chi connectivity index (χ2n) is 8.72. The smallest absolute Gasteiger partial charge is 0.258 e. The zero-order valence-corrected chi connectivity index (χ0v) is 21.9. The lowest BCUT2D eigenvalue weighted by Crippen LogP contribution is -2.40. The molecule has 0 aliphatic carbocycles. The van der Waals surface area contributed by atoms with Crippen LogP contribution in [0.3, 0.4) is 0 Å². The Bertz CT molecular complexity index is 1430. The standard InChI is InChI=1S/C28H30N4O4S/c1-4-31(20(2)33)18-19-32(37(3,35)36)23-16-14-22(15-17-23)29-27(21-10-6-5-7-11-21)26-24-12-8-9-13-25(24)30-28(26)34/h5-17,29H,4,18-19H2,1-3H3,(H,30,34)/b27-26-. The number of fused-ring (bicyclic) bond motifs is 1. The molecule has 2 N–H and O–H groups in total. The van der Waals surface area contributed by atoms with Crippen LogP contribution in [0.25, 0.3) is 11.3 Å². The van der Waals surface area contributed by atoms with Crippen molar-refractivity contribution in [2.24, 2.45) is 0 Å². The van der Waals surface area contributed by atoms with Gasteiger partial charge in [-0.3, -0.25) is 13.9 Å². The molecule has 0 bridgehead atoms. The SMILES string of the molecule is CCN(CCN(c1ccc(N/C(=C2\C(=O)Nc3ccccc32)c2ccccc2)cc1)S(C)(=O)=O)C(C)=O. The molecule has 0 spiro atoms. The number of carbonyl (C=O) groups excluding carboxylic acids is 2. The minimum absolute atomic E-state index is 0.102. The van der Waals surface area contributed by atoms with Crippen LogP contribution < -0.4 is 14.9 Å². The molecule has 1 aliphatic heterocycles. The summed E-state index contributed by atoms with van der Waals surface area (Å²) in [6.07, 6.45) is 1.15. The van der Waals surface area contributed by atoms with Crippen molar-refractivity contribution in [3.05, 3.63) is 90.0 Å². The summed E-state index contributed by atoms with van der Waals surface area (Å²) >= 11 is 0. The van der Waals surface area contributed by atoms with E-state index >= 15 is 0 Å². The number of likely N-dealkylation sites (N-methyl/N-ethyl adjacent to an activating group) is 1. The van der Waals surface area contributed by atoms with Crippen LogP contribution in [0.2, 0.25) is 0 Å². The molecule has 3 aromatic carbocycles. The van der Waals surface area contributed by atoms with E-state index in [-0.39, 0.29) is 24.9 Å². The van der Waals surface area contributed by atoms with Gasteiger partial charge in [0.05, 0.1) is 29.8 Å². The Morgan fingerprint density at radius 3 is 2.19 bits per heavy atom. The summed E-state index contributed by atoms with van der Waals surface area (Å²) in [5.74, 6) is -0.298. The Labute approximate surface area is 217 Å². The van der Waals surface area contributed by atoms with E-state index in [1.54, 1.807) is 29.2 Å². The molecule has 1 aliphatic rings. The zero-order valence-electron chi connectivity index (χ0n) is 21.1. The number of sulfonamides is 1. The molecule has 37 heavy (non-hydrogen) atoms. The van der Waals surface area contributed by atoms with Gasteiger partial charge in [0, 0.05) is 37.0 Å². The van der Waals surface area contributed by atoms with Crippen LogP contribution in [0.15, 0.2) is 78.9 Å². The van der Waals surface area contributed by atoms with Crippen molar-refractivity contribution in [1.82, 2.24) is 4.90 Å². The monoisotopic (exact) mass is 518 g/mol. The number of nitrogens with one attached hydrogen (secondary N) is 2. The molecule has 4 rings (SSSR count). The van der Waals surface area contributed by atoms with Crippen molar-refractivity contribution < 1.29 is 18.0 Å². The van der Waals surface area contributed by atoms with Gasteiger partial charge < -0.3 is 15.5 Å². The van der Waals surface area contributed by atoms with Gasteiger partial charge in [-0.15, -0.1) is 0 Å². The van der Waals surface area contributed by atoms with Gasteiger partial charge in [-0.1, -0.05) is 48.5 Å². The number of benzene rings is 3. The van der Waals surface area contributed by atoms with E-state index in [2.05, 4.69) is 10.6 Å². The molecule has 1 heterocycles. The van der Waals surface area contributed by atoms with Gasteiger partial charge in [0.25, 0.3) is 5.91 Å². The number of hydrogen-bond acceptors (Lipinski definition) is 5. The van der Waals surface area contributed by atoms with E-state index in [0.717, 1.165) is 23.1 Å². The van der Waals surface area contributed by atoms with Crippen LogP contribution in [0.5, 0.6) is 0 Å². The number of amides is 2. The molecule has 0 saturated carbocycles. The lowest BCUT2D eigenvalue weighted by molar-refractivity contribution is -0.128. The molecule has 0 saturated heterocycles. The predicted molar refractivity (Wildman–Crippen MR) is 149 cm³/mol. The molecular weight excluding hydrogens is 488 g/mol. The van der Waals surface area contributed by atoms with E-state index < -0.39 is 10.0 Å². The third-order valence-electron chi connectivity index (χ3n) is 6.21. The zero-order chi connectivity index (χ0) is 26.6. The van der Waals surface area contributed by atoms with Gasteiger partial charge in [0.2, 0.25) is 15.9 Å². The van der Waals surface area contributed by atoms with Crippen molar-refractivity contribution in [3.8, 4) is 0 Å². The second-order valence-corrected chi connectivity index (χ2v) is 10.6. The average Bonchev–Trinajstić information content (AvgIpc) is 3.21. The molecule has 2 amide bonds. The Morgan fingerprint density at radius 2 is 1.57 bits per heavy atom. The molecule has 3 aromatic rings. The summed E-state index contributed by atoms with van der Waals surface area (Å²) in [5, 5.41) is 6.31. The minimum atomic E-state index is -3.57. The van der Waals surface area contributed by atoms with Crippen LogP contribution >= 0.6 is 0 Å². The van der Waals surface area contributed by atoms with Crippen LogP contribution in [0.1, 0.15) is 25.0 Å². The van der Waals surface area contributed by atoms with Gasteiger partial charge in [0.15, 0.2) is 0 Å². The highest BCUT2D eigenvalue weighted by atomic mass is 32.2. The largest absolute Gasteiger partial charge is 0.354 e. The lowest BCUT2D eigenvalue weighted by Gasteiger charge is -2.26. The van der Waals surface area contributed by atoms with Crippen molar-refractivity contribution in [2.75, 3.05) is 40.8 Å². The summed E-state index contributed by atoms with van der Waals surface area (Å²) in [7, 11) is -3.57. The summed E-state index contributed by atoms with van der Waals surface area (Å²) in [4.78, 5) is 26.3. The number of carbonyl (C=O) groups is 2. The molecule has 9 heteroatoms. The summed E-state index contributed by atoms with van der Waals surface area (Å²) in [6.45, 7) is 4.27. The number of anilines is 3. The van der Waals surface area contributed by atoms with Gasteiger partial charge in [-0.2, -0.15) is 0 Å². The van der Waals surface area contributed by atoms with Gasteiger partial charge in [-0.05, 0) is 42.8 Å². The fourth-order valence-electron chi connectivity index (χ4n) is 4.34. The second kappa shape index (κ2) is 10.9. The first kappa shape index (κ1) is 26.0. The molecule has 0 radical (unpaired) electrons. The Balaban J connectivity index is 1.67. The third kappa shape index (κ3) is 5.83. The Hall–Kier alpha value is -4.11. The summed E-state index contributed by atoms with van der Waals surface area (Å²) < 4.78 is 26.4. The number of hydrogen-bond donors (Lipinski definition) is 2. The first-order valence-electron chi connectivity index (χ1n) is 12.0. The topological polar surface area (TPSA) is 98.8 Å². The Kier molecular flexibility index (Phi) is 7.63. The molecule has 0 unspecified atom stereocenters. The van der Waals surface area contributed by atoms with Crippen molar-refractivity contribution >= 4 is 50.2 Å². The quantitative estimate of drug-likeness (QED) is 0.413. The summed E-state index contributed by atoms with van der Waals surface area (Å²) in [6, 6.07) is 24.1. The van der Waals surface area contributed by atoms with E-state index in [0.29, 0.717) is 29.2 Å². The number of para-hydroxylation sites is 1. The highest BCUT2D eigenvalue weighted by Gasteiger charge is 2.28. The van der Waals surface area contributed by atoms with Crippen molar-refractivity contribution in [2.45, 2.75) is 13.8 Å². The van der Waals surface area contributed by atoms with E-state index in [4.69, 9.17) is 0 Å². The van der Waals surface area contributed by atoms with Crippen LogP contribution in [0.4, 0.5) is 17.1 Å². The highest BCUT2D eigenvalue weighted by molar-refractivity contribution is 7.92. The normalized spacial score (nSPS) is 14.0. The molecule has 0 aromatic heterocycles. The molecule has 8 nitrogen and oxygen atoms in total. The molecule has 192 valence electrons. The molecule has 0 fully saturated rings. The van der Waals surface area contributed by atoms with Gasteiger partial charge in [0.1, 0.15) is 0 Å². The maximum absolute atomic E-state index is 13.0. The van der Waals surface area contributed by atoms with Gasteiger partial charge in [-0.25, -0.2) is 8.42 Å². The van der Waals surface area contributed by atoms with Crippen LogP contribution in [-0.4, -0.2) is 51.0 Å². The van der Waals surface area contributed by atoms with Crippen molar-refractivity contribution in [3.63, 3.8) is 0 Å². The maximum Gasteiger partial charge on any atom is 0.258 e. The third-order valence-corrected chi connectivity index (χ3v) is 7.40. The lowest BCUT2D eigenvalue weighted by atomic mass is 10.00. The fourth-order valence-corrected chi connectivity index (χ4v) is 5.26. The first-order chi connectivity index (χ1) is 17.7. The average molecular weight is 519 g/mol.